The van der Waals surface area contributed by atoms with Crippen molar-refractivity contribution in [2.75, 3.05) is 5.32 Å². The average Bonchev–Trinajstić information content (AvgIpc) is 3.62. The van der Waals surface area contributed by atoms with E-state index >= 15 is 0 Å². The third kappa shape index (κ3) is 3.40. The summed E-state index contributed by atoms with van der Waals surface area (Å²) in [6.07, 6.45) is 4.10. The molecular weight excluding hydrogens is 420 g/mol. The number of anilines is 1. The molecule has 0 aliphatic heterocycles. The van der Waals surface area contributed by atoms with Crippen molar-refractivity contribution < 1.29 is 4.79 Å². The van der Waals surface area contributed by atoms with Crippen LogP contribution >= 0.6 is 15.9 Å². The minimum atomic E-state index is -0.265. The van der Waals surface area contributed by atoms with Crippen molar-refractivity contribution in [1.82, 2.24) is 25.5 Å². The third-order valence-electron chi connectivity index (χ3n) is 5.26. The van der Waals surface area contributed by atoms with Gasteiger partial charge in [0.2, 0.25) is 0 Å². The molecule has 0 atom stereocenters. The standard InChI is InChI=1S/C20H19BrN6O/c21-15-6-4-14(5-7-15)20(10-11-20)23-19(28)22-16-3-1-2-13(12-16)18-24-25-26-27(18)17-8-9-17/h1-7,12,17H,8-11H2,(H2,22,23,28). The van der Waals surface area contributed by atoms with E-state index in [1.54, 1.807) is 0 Å². The van der Waals surface area contributed by atoms with E-state index in [-0.39, 0.29) is 11.6 Å². The van der Waals surface area contributed by atoms with Crippen LogP contribution in [0.15, 0.2) is 53.0 Å². The second kappa shape index (κ2) is 6.70. The summed E-state index contributed by atoms with van der Waals surface area (Å²) in [7, 11) is 0. The van der Waals surface area contributed by atoms with Gasteiger partial charge in [0.1, 0.15) is 0 Å². The normalized spacial score (nSPS) is 17.2. The number of tetrazole rings is 1. The summed E-state index contributed by atoms with van der Waals surface area (Å²) < 4.78 is 2.90. The SMILES string of the molecule is O=C(Nc1cccc(-c2nnnn2C2CC2)c1)NC1(c2ccc(Br)cc2)CC1. The number of nitrogens with zero attached hydrogens (tertiary/aromatic N) is 4. The number of aromatic nitrogens is 4. The fourth-order valence-electron chi connectivity index (χ4n) is 3.44. The van der Waals surface area contributed by atoms with E-state index in [1.807, 2.05) is 41.1 Å². The molecule has 0 spiro atoms. The molecule has 2 aliphatic carbocycles. The molecule has 142 valence electrons. The predicted molar refractivity (Wildman–Crippen MR) is 109 cm³/mol. The lowest BCUT2D eigenvalue weighted by atomic mass is 10.1. The highest BCUT2D eigenvalue weighted by Crippen LogP contribution is 2.45. The Morgan fingerprint density at radius 1 is 1.14 bits per heavy atom. The highest BCUT2D eigenvalue weighted by Gasteiger charge is 2.45. The first-order valence-corrected chi connectivity index (χ1v) is 10.2. The summed E-state index contributed by atoms with van der Waals surface area (Å²) >= 11 is 3.45. The molecule has 3 aromatic rings. The Morgan fingerprint density at radius 3 is 2.64 bits per heavy atom. The van der Waals surface area contributed by atoms with Crippen molar-refractivity contribution in [2.24, 2.45) is 0 Å². The van der Waals surface area contributed by atoms with E-state index in [2.05, 4.69) is 54.2 Å². The van der Waals surface area contributed by atoms with E-state index in [0.717, 1.165) is 47.1 Å². The van der Waals surface area contributed by atoms with Gasteiger partial charge in [-0.15, -0.1) is 5.10 Å². The number of nitrogens with one attached hydrogen (secondary N) is 2. The number of hydrogen-bond acceptors (Lipinski definition) is 4. The van der Waals surface area contributed by atoms with Gasteiger partial charge in [-0.2, -0.15) is 0 Å². The quantitative estimate of drug-likeness (QED) is 0.623. The van der Waals surface area contributed by atoms with Crippen LogP contribution in [0.3, 0.4) is 0 Å². The van der Waals surface area contributed by atoms with Gasteiger partial charge in [-0.3, -0.25) is 0 Å². The van der Waals surface area contributed by atoms with E-state index < -0.39 is 0 Å². The first-order valence-electron chi connectivity index (χ1n) is 9.36. The summed E-state index contributed by atoms with van der Waals surface area (Å²) in [5.41, 5.74) is 2.47. The summed E-state index contributed by atoms with van der Waals surface area (Å²) in [6.45, 7) is 0. The van der Waals surface area contributed by atoms with Crippen LogP contribution in [0.25, 0.3) is 11.4 Å². The van der Waals surface area contributed by atoms with Gasteiger partial charge in [0, 0.05) is 15.7 Å². The fraction of sp³-hybridized carbons (Fsp3) is 0.300. The molecule has 8 heteroatoms. The van der Waals surface area contributed by atoms with Crippen LogP contribution in [-0.2, 0) is 5.54 Å². The molecule has 0 unspecified atom stereocenters. The van der Waals surface area contributed by atoms with Crippen molar-refractivity contribution in [3.63, 3.8) is 0 Å². The smallest absolute Gasteiger partial charge is 0.319 e. The first kappa shape index (κ1) is 17.4. The molecule has 1 heterocycles. The second-order valence-electron chi connectivity index (χ2n) is 7.43. The molecular formula is C20H19BrN6O. The highest BCUT2D eigenvalue weighted by molar-refractivity contribution is 9.10. The lowest BCUT2D eigenvalue weighted by molar-refractivity contribution is 0.247. The monoisotopic (exact) mass is 438 g/mol. The third-order valence-corrected chi connectivity index (χ3v) is 5.79. The minimum Gasteiger partial charge on any atom is -0.328 e. The van der Waals surface area contributed by atoms with Crippen LogP contribution in [0, 0.1) is 0 Å². The molecule has 2 fully saturated rings. The number of carbonyl (C=O) groups is 1. The molecule has 0 radical (unpaired) electrons. The zero-order valence-corrected chi connectivity index (χ0v) is 16.7. The Labute approximate surface area is 170 Å². The Balaban J connectivity index is 1.30. The van der Waals surface area contributed by atoms with E-state index in [1.165, 1.54) is 0 Å². The summed E-state index contributed by atoms with van der Waals surface area (Å²) in [6, 6.07) is 15.9. The molecule has 0 saturated heterocycles. The topological polar surface area (TPSA) is 84.7 Å². The zero-order valence-electron chi connectivity index (χ0n) is 15.1. The van der Waals surface area contributed by atoms with Crippen LogP contribution < -0.4 is 10.6 Å². The maximum atomic E-state index is 12.6. The number of carbonyl (C=O) groups excluding carboxylic acids is 1. The number of benzene rings is 2. The molecule has 2 aromatic carbocycles. The minimum absolute atomic E-state index is 0.209. The first-order chi connectivity index (χ1) is 13.6. The maximum absolute atomic E-state index is 12.6. The molecule has 5 rings (SSSR count). The lowest BCUT2D eigenvalue weighted by Gasteiger charge is -2.19. The number of halogens is 1. The van der Waals surface area contributed by atoms with Crippen LogP contribution in [0.4, 0.5) is 10.5 Å². The number of hydrogen-bond donors (Lipinski definition) is 2. The van der Waals surface area contributed by atoms with Crippen LogP contribution in [0.1, 0.15) is 37.3 Å². The molecule has 7 nitrogen and oxygen atoms in total. The Kier molecular flexibility index (Phi) is 4.16. The Bertz CT molecular complexity index is 1020. The van der Waals surface area contributed by atoms with Gasteiger partial charge >= 0.3 is 6.03 Å². The molecule has 2 saturated carbocycles. The van der Waals surface area contributed by atoms with Gasteiger partial charge in [-0.25, -0.2) is 9.48 Å². The Morgan fingerprint density at radius 2 is 1.93 bits per heavy atom. The Hall–Kier alpha value is -2.74. The molecule has 28 heavy (non-hydrogen) atoms. The maximum Gasteiger partial charge on any atom is 0.319 e. The van der Waals surface area contributed by atoms with E-state index in [9.17, 15) is 4.79 Å². The largest absolute Gasteiger partial charge is 0.328 e. The van der Waals surface area contributed by atoms with Gasteiger partial charge in [0.15, 0.2) is 5.82 Å². The number of urea groups is 1. The van der Waals surface area contributed by atoms with Gasteiger partial charge in [0.25, 0.3) is 0 Å². The second-order valence-corrected chi connectivity index (χ2v) is 8.34. The molecule has 2 amide bonds. The average molecular weight is 439 g/mol. The van der Waals surface area contributed by atoms with Crippen molar-refractivity contribution in [2.45, 2.75) is 37.3 Å². The molecule has 0 bridgehead atoms. The van der Waals surface area contributed by atoms with Gasteiger partial charge in [0.05, 0.1) is 11.6 Å². The zero-order chi connectivity index (χ0) is 19.1. The van der Waals surface area contributed by atoms with Crippen LogP contribution in [0.2, 0.25) is 0 Å². The van der Waals surface area contributed by atoms with Crippen molar-refractivity contribution in [3.05, 3.63) is 58.6 Å². The van der Waals surface area contributed by atoms with Crippen molar-refractivity contribution in [1.29, 1.82) is 0 Å². The van der Waals surface area contributed by atoms with Gasteiger partial charge in [-0.05, 0) is 65.9 Å². The van der Waals surface area contributed by atoms with E-state index in [0.29, 0.717) is 11.7 Å². The lowest BCUT2D eigenvalue weighted by Crippen LogP contribution is -2.38. The fourth-order valence-corrected chi connectivity index (χ4v) is 3.71. The van der Waals surface area contributed by atoms with Crippen molar-refractivity contribution in [3.8, 4) is 11.4 Å². The molecule has 1 aromatic heterocycles. The predicted octanol–water partition coefficient (Wildman–Crippen LogP) is 4.25. The number of amides is 2. The highest BCUT2D eigenvalue weighted by atomic mass is 79.9. The van der Waals surface area contributed by atoms with Gasteiger partial charge in [-0.1, -0.05) is 40.2 Å². The molecule has 2 aliphatic rings. The van der Waals surface area contributed by atoms with Gasteiger partial charge < -0.3 is 10.6 Å². The van der Waals surface area contributed by atoms with E-state index in [4.69, 9.17) is 0 Å². The van der Waals surface area contributed by atoms with Crippen molar-refractivity contribution >= 4 is 27.6 Å². The number of rotatable bonds is 5. The summed E-state index contributed by atoms with van der Waals surface area (Å²) in [5.74, 6) is 0.736. The summed E-state index contributed by atoms with van der Waals surface area (Å²) in [4.78, 5) is 12.6. The molecule has 2 N–H and O–H groups in total. The van der Waals surface area contributed by atoms with Crippen LogP contribution in [0.5, 0.6) is 0 Å². The summed E-state index contributed by atoms with van der Waals surface area (Å²) in [5, 5.41) is 18.1. The van der Waals surface area contributed by atoms with Crippen LogP contribution in [-0.4, -0.2) is 26.2 Å².